The van der Waals surface area contributed by atoms with Crippen LogP contribution in [-0.2, 0) is 13.5 Å². The Morgan fingerprint density at radius 2 is 1.88 bits per heavy atom. The fourth-order valence-corrected chi connectivity index (χ4v) is 2.73. The summed E-state index contributed by atoms with van der Waals surface area (Å²) in [6.07, 6.45) is 0.954. The highest BCUT2D eigenvalue weighted by atomic mass is 15.0. The Bertz CT molecular complexity index is 535. The maximum Gasteiger partial charge on any atom is 0.0488 e. The molecule has 2 N–H and O–H groups in total. The maximum atomic E-state index is 5.67. The first-order valence-electron chi connectivity index (χ1n) is 5.81. The van der Waals surface area contributed by atoms with Gasteiger partial charge in [0, 0.05) is 30.1 Å². The lowest BCUT2D eigenvalue weighted by Crippen LogP contribution is -2.07. The lowest BCUT2D eigenvalue weighted by molar-refractivity contribution is 0.819. The molecule has 0 saturated heterocycles. The van der Waals surface area contributed by atoms with Crippen LogP contribution in [-0.4, -0.2) is 11.1 Å². The fraction of sp³-hybridized carbons (Fsp3) is 0.429. The number of nitrogens with two attached hydrogens (primary N) is 1. The Morgan fingerprint density at radius 3 is 2.50 bits per heavy atom. The van der Waals surface area contributed by atoms with E-state index in [2.05, 4.69) is 44.5 Å². The minimum atomic E-state index is 0.711. The monoisotopic (exact) mass is 216 g/mol. The standard InChI is InChI=1S/C14H20N2/c1-9-7-10(2)14-11(3)12(5-6-15)16(4)13(14)8-9/h7-8H,5-6,15H2,1-4H3. The Kier molecular flexibility index (Phi) is 2.76. The molecule has 0 spiro atoms. The SMILES string of the molecule is Cc1cc(C)c2c(C)c(CCN)n(C)c2c1. The summed E-state index contributed by atoms with van der Waals surface area (Å²) in [7, 11) is 2.14. The van der Waals surface area contributed by atoms with E-state index in [1.54, 1.807) is 0 Å². The molecular weight excluding hydrogens is 196 g/mol. The van der Waals surface area contributed by atoms with Gasteiger partial charge in [0.25, 0.3) is 0 Å². The van der Waals surface area contributed by atoms with Crippen molar-refractivity contribution in [3.8, 4) is 0 Å². The predicted molar refractivity (Wildman–Crippen MR) is 69.9 cm³/mol. The summed E-state index contributed by atoms with van der Waals surface area (Å²) in [5.74, 6) is 0. The second-order valence-corrected chi connectivity index (χ2v) is 4.65. The number of hydrogen-bond acceptors (Lipinski definition) is 1. The van der Waals surface area contributed by atoms with Gasteiger partial charge < -0.3 is 10.3 Å². The molecule has 2 heteroatoms. The van der Waals surface area contributed by atoms with Crippen molar-refractivity contribution in [2.45, 2.75) is 27.2 Å². The maximum absolute atomic E-state index is 5.67. The molecule has 0 radical (unpaired) electrons. The average Bonchev–Trinajstić information content (AvgIpc) is 2.43. The smallest absolute Gasteiger partial charge is 0.0488 e. The van der Waals surface area contributed by atoms with Crippen LogP contribution in [0.15, 0.2) is 12.1 Å². The molecule has 0 amide bonds. The van der Waals surface area contributed by atoms with Crippen LogP contribution in [0.2, 0.25) is 0 Å². The highest BCUT2D eigenvalue weighted by Gasteiger charge is 2.12. The van der Waals surface area contributed by atoms with Gasteiger partial charge in [-0.05, 0) is 50.1 Å². The van der Waals surface area contributed by atoms with Crippen LogP contribution in [0.25, 0.3) is 10.9 Å². The summed E-state index contributed by atoms with van der Waals surface area (Å²) in [5.41, 5.74) is 12.5. The number of rotatable bonds is 2. The average molecular weight is 216 g/mol. The molecule has 0 fully saturated rings. The summed E-state index contributed by atoms with van der Waals surface area (Å²) >= 11 is 0. The molecule has 16 heavy (non-hydrogen) atoms. The van der Waals surface area contributed by atoms with Gasteiger partial charge in [-0.25, -0.2) is 0 Å². The molecule has 1 heterocycles. The molecule has 0 saturated carbocycles. The molecule has 0 atom stereocenters. The van der Waals surface area contributed by atoms with E-state index < -0.39 is 0 Å². The van der Waals surface area contributed by atoms with Crippen LogP contribution in [0, 0.1) is 20.8 Å². The fourth-order valence-electron chi connectivity index (χ4n) is 2.73. The Balaban J connectivity index is 2.82. The summed E-state index contributed by atoms with van der Waals surface area (Å²) in [6.45, 7) is 7.25. The second kappa shape index (κ2) is 3.95. The van der Waals surface area contributed by atoms with Crippen LogP contribution in [0.1, 0.15) is 22.4 Å². The Hall–Kier alpha value is -1.28. The zero-order valence-corrected chi connectivity index (χ0v) is 10.6. The van der Waals surface area contributed by atoms with Gasteiger partial charge in [0.15, 0.2) is 0 Å². The molecule has 0 aliphatic heterocycles. The van der Waals surface area contributed by atoms with Crippen molar-refractivity contribution in [2.75, 3.05) is 6.54 Å². The topological polar surface area (TPSA) is 30.9 Å². The molecule has 0 aliphatic rings. The van der Waals surface area contributed by atoms with Crippen molar-refractivity contribution < 1.29 is 0 Å². The van der Waals surface area contributed by atoms with Gasteiger partial charge in [-0.1, -0.05) is 6.07 Å². The molecule has 86 valence electrons. The van der Waals surface area contributed by atoms with Gasteiger partial charge >= 0.3 is 0 Å². The Labute approximate surface area is 97.1 Å². The second-order valence-electron chi connectivity index (χ2n) is 4.65. The van der Waals surface area contributed by atoms with Crippen LogP contribution in [0.4, 0.5) is 0 Å². The molecule has 0 bridgehead atoms. The largest absolute Gasteiger partial charge is 0.347 e. The first-order chi connectivity index (χ1) is 7.56. The van der Waals surface area contributed by atoms with Gasteiger partial charge in [-0.15, -0.1) is 0 Å². The zero-order chi connectivity index (χ0) is 11.9. The van der Waals surface area contributed by atoms with Crippen LogP contribution >= 0.6 is 0 Å². The lowest BCUT2D eigenvalue weighted by Gasteiger charge is -2.03. The lowest BCUT2D eigenvalue weighted by atomic mass is 10.0. The molecule has 1 aromatic carbocycles. The highest BCUT2D eigenvalue weighted by molar-refractivity contribution is 5.89. The van der Waals surface area contributed by atoms with Crippen molar-refractivity contribution in [1.29, 1.82) is 0 Å². The summed E-state index contributed by atoms with van der Waals surface area (Å²) in [4.78, 5) is 0. The minimum absolute atomic E-state index is 0.711. The molecule has 1 aromatic heterocycles. The van der Waals surface area contributed by atoms with E-state index in [1.165, 1.54) is 33.3 Å². The van der Waals surface area contributed by atoms with E-state index in [0.717, 1.165) is 6.42 Å². The Morgan fingerprint density at radius 1 is 1.19 bits per heavy atom. The van der Waals surface area contributed by atoms with Crippen molar-refractivity contribution in [2.24, 2.45) is 12.8 Å². The third kappa shape index (κ3) is 1.54. The van der Waals surface area contributed by atoms with Crippen LogP contribution < -0.4 is 5.73 Å². The number of nitrogens with zero attached hydrogens (tertiary/aromatic N) is 1. The first kappa shape index (κ1) is 11.2. The summed E-state index contributed by atoms with van der Waals surface area (Å²) in [6, 6.07) is 4.51. The number of hydrogen-bond donors (Lipinski definition) is 1. The third-order valence-corrected chi connectivity index (χ3v) is 3.41. The molecule has 0 aliphatic carbocycles. The number of benzene rings is 1. The number of aromatic nitrogens is 1. The van der Waals surface area contributed by atoms with Gasteiger partial charge in [-0.2, -0.15) is 0 Å². The van der Waals surface area contributed by atoms with Gasteiger partial charge in [0.1, 0.15) is 0 Å². The van der Waals surface area contributed by atoms with E-state index >= 15 is 0 Å². The number of aryl methyl sites for hydroxylation is 4. The summed E-state index contributed by atoms with van der Waals surface area (Å²) < 4.78 is 2.29. The van der Waals surface area contributed by atoms with E-state index in [4.69, 9.17) is 5.73 Å². The van der Waals surface area contributed by atoms with Crippen LogP contribution in [0.5, 0.6) is 0 Å². The van der Waals surface area contributed by atoms with Crippen molar-refractivity contribution >= 4 is 10.9 Å². The van der Waals surface area contributed by atoms with E-state index in [9.17, 15) is 0 Å². The van der Waals surface area contributed by atoms with Crippen molar-refractivity contribution in [1.82, 2.24) is 4.57 Å². The van der Waals surface area contributed by atoms with E-state index in [0.29, 0.717) is 6.54 Å². The van der Waals surface area contributed by atoms with Crippen molar-refractivity contribution in [3.63, 3.8) is 0 Å². The van der Waals surface area contributed by atoms with E-state index in [1.807, 2.05) is 0 Å². The van der Waals surface area contributed by atoms with Gasteiger partial charge in [0.05, 0.1) is 0 Å². The first-order valence-corrected chi connectivity index (χ1v) is 5.81. The zero-order valence-electron chi connectivity index (χ0n) is 10.6. The molecular formula is C14H20N2. The third-order valence-electron chi connectivity index (χ3n) is 3.41. The quantitative estimate of drug-likeness (QED) is 0.822. The normalized spacial score (nSPS) is 11.3. The minimum Gasteiger partial charge on any atom is -0.347 e. The van der Waals surface area contributed by atoms with Gasteiger partial charge in [0.2, 0.25) is 0 Å². The van der Waals surface area contributed by atoms with Crippen molar-refractivity contribution in [3.05, 3.63) is 34.5 Å². The summed E-state index contributed by atoms with van der Waals surface area (Å²) in [5, 5.41) is 1.40. The molecule has 2 nitrogen and oxygen atoms in total. The van der Waals surface area contributed by atoms with Gasteiger partial charge in [-0.3, -0.25) is 0 Å². The predicted octanol–water partition coefficient (Wildman–Crippen LogP) is 2.60. The highest BCUT2D eigenvalue weighted by Crippen LogP contribution is 2.28. The molecule has 2 rings (SSSR count). The number of fused-ring (bicyclic) bond motifs is 1. The molecule has 2 aromatic rings. The van der Waals surface area contributed by atoms with E-state index in [-0.39, 0.29) is 0 Å². The van der Waals surface area contributed by atoms with Crippen LogP contribution in [0.3, 0.4) is 0 Å². The molecule has 0 unspecified atom stereocenters.